The summed E-state index contributed by atoms with van der Waals surface area (Å²) in [7, 11) is 1.65. The summed E-state index contributed by atoms with van der Waals surface area (Å²) in [6.07, 6.45) is 7.41. The number of anilines is 1. The van der Waals surface area contributed by atoms with E-state index in [-0.39, 0.29) is 5.91 Å². The van der Waals surface area contributed by atoms with E-state index in [1.165, 1.54) is 0 Å². The second kappa shape index (κ2) is 10.3. The molecule has 2 aromatic carbocycles. The number of H-pyrrole nitrogens is 1. The maximum atomic E-state index is 13.0. The number of methoxy groups -OCH3 is 1. The molecule has 35 heavy (non-hydrogen) atoms. The van der Waals surface area contributed by atoms with Crippen molar-refractivity contribution in [3.05, 3.63) is 96.8 Å². The van der Waals surface area contributed by atoms with Gasteiger partial charge in [-0.05, 0) is 48.5 Å². The lowest BCUT2D eigenvalue weighted by Gasteiger charge is -2.30. The Balaban J connectivity index is 1.35. The van der Waals surface area contributed by atoms with Crippen LogP contribution in [0.15, 0.2) is 91.3 Å². The first-order chi connectivity index (χ1) is 17.2. The van der Waals surface area contributed by atoms with Crippen LogP contribution in [0.25, 0.3) is 23.0 Å². The first-order valence-electron chi connectivity index (χ1n) is 11.7. The van der Waals surface area contributed by atoms with Crippen molar-refractivity contribution in [2.45, 2.75) is 0 Å². The number of aromatic amines is 1. The van der Waals surface area contributed by atoms with Gasteiger partial charge < -0.3 is 9.64 Å². The van der Waals surface area contributed by atoms with Gasteiger partial charge in [-0.2, -0.15) is 5.10 Å². The Bertz CT molecular complexity index is 1290. The Morgan fingerprint density at radius 1 is 0.943 bits per heavy atom. The number of rotatable bonds is 6. The lowest BCUT2D eigenvalue weighted by atomic mass is 10.1. The molecule has 0 atom stereocenters. The maximum absolute atomic E-state index is 13.0. The Hall–Kier alpha value is -4.39. The number of ether oxygens (including phenoxy) is 1. The van der Waals surface area contributed by atoms with E-state index in [0.29, 0.717) is 13.1 Å². The van der Waals surface area contributed by atoms with E-state index in [4.69, 9.17) is 9.84 Å². The number of carbonyl (C=O) groups is 1. The molecule has 0 spiro atoms. The third kappa shape index (κ3) is 5.09. The molecule has 7 heteroatoms. The van der Waals surface area contributed by atoms with Crippen LogP contribution in [-0.4, -0.2) is 53.9 Å². The minimum Gasteiger partial charge on any atom is -0.497 e. The molecule has 0 unspecified atom stereocenters. The SMILES string of the molecule is COc1ccc(-c2nn(-c3ccccc3)cc2/C=C/C(=O)N2CCN(c3cccc[nH+]3)CC2)cc1. The van der Waals surface area contributed by atoms with Gasteiger partial charge in [0.1, 0.15) is 18.8 Å². The van der Waals surface area contributed by atoms with Crippen LogP contribution in [0.2, 0.25) is 0 Å². The fourth-order valence-corrected chi connectivity index (χ4v) is 4.21. The van der Waals surface area contributed by atoms with E-state index in [0.717, 1.165) is 47.2 Å². The van der Waals surface area contributed by atoms with Crippen molar-refractivity contribution in [1.82, 2.24) is 14.7 Å². The quantitative estimate of drug-likeness (QED) is 0.406. The first-order valence-corrected chi connectivity index (χ1v) is 11.7. The van der Waals surface area contributed by atoms with Crippen molar-refractivity contribution < 1.29 is 14.5 Å². The zero-order chi connectivity index (χ0) is 24.0. The molecule has 7 nitrogen and oxygen atoms in total. The summed E-state index contributed by atoms with van der Waals surface area (Å²) in [5.41, 5.74) is 3.61. The number of hydrogen-bond donors (Lipinski definition) is 0. The molecular weight excluding hydrogens is 438 g/mol. The topological polar surface area (TPSA) is 64.7 Å². The highest BCUT2D eigenvalue weighted by molar-refractivity contribution is 5.93. The first kappa shape index (κ1) is 22.4. The van der Waals surface area contributed by atoms with Gasteiger partial charge in [0, 0.05) is 29.5 Å². The van der Waals surface area contributed by atoms with E-state index in [1.54, 1.807) is 13.2 Å². The molecule has 176 valence electrons. The van der Waals surface area contributed by atoms with Gasteiger partial charge >= 0.3 is 0 Å². The fraction of sp³-hybridized carbons (Fsp3) is 0.179. The predicted octanol–water partition coefficient (Wildman–Crippen LogP) is 3.72. The van der Waals surface area contributed by atoms with Gasteiger partial charge in [0.2, 0.25) is 5.91 Å². The second-order valence-corrected chi connectivity index (χ2v) is 8.34. The molecule has 1 fully saturated rings. The van der Waals surface area contributed by atoms with Crippen LogP contribution < -0.4 is 14.6 Å². The van der Waals surface area contributed by atoms with Crippen molar-refractivity contribution in [3.63, 3.8) is 0 Å². The number of carbonyl (C=O) groups excluding carboxylic acids is 1. The minimum absolute atomic E-state index is 0.00910. The number of para-hydroxylation sites is 1. The molecule has 1 N–H and O–H groups in total. The zero-order valence-electron chi connectivity index (χ0n) is 19.7. The molecule has 0 radical (unpaired) electrons. The molecular formula is C28H28N5O2+. The molecule has 1 aliphatic rings. The molecule has 0 aliphatic carbocycles. The van der Waals surface area contributed by atoms with Gasteiger partial charge in [-0.25, -0.2) is 9.67 Å². The number of nitrogens with one attached hydrogen (secondary N) is 1. The number of nitrogens with zero attached hydrogens (tertiary/aromatic N) is 4. The lowest BCUT2D eigenvalue weighted by molar-refractivity contribution is -0.364. The summed E-state index contributed by atoms with van der Waals surface area (Å²) < 4.78 is 7.14. The van der Waals surface area contributed by atoms with E-state index in [2.05, 4.69) is 16.0 Å². The standard InChI is InChI=1S/C28H27N5O2/c1-35-25-13-10-22(11-14-25)28-23(21-33(30-28)24-7-3-2-4-8-24)12-15-27(34)32-19-17-31(18-20-32)26-9-5-6-16-29-26/h2-16,21H,17-20H2,1H3/p+1/b15-12+. The van der Waals surface area contributed by atoms with Crippen molar-refractivity contribution in [2.75, 3.05) is 38.2 Å². The summed E-state index contributed by atoms with van der Waals surface area (Å²) in [5.74, 6) is 1.87. The predicted molar refractivity (Wildman–Crippen MR) is 136 cm³/mol. The molecule has 0 saturated carbocycles. The molecule has 1 aliphatic heterocycles. The number of hydrogen-bond acceptors (Lipinski definition) is 4. The highest BCUT2D eigenvalue weighted by Gasteiger charge is 2.25. The average molecular weight is 467 g/mol. The van der Waals surface area contributed by atoms with Crippen LogP contribution in [0.5, 0.6) is 5.75 Å². The third-order valence-electron chi connectivity index (χ3n) is 6.16. The Morgan fingerprint density at radius 2 is 1.69 bits per heavy atom. The number of benzene rings is 2. The zero-order valence-corrected chi connectivity index (χ0v) is 19.7. The lowest BCUT2D eigenvalue weighted by Crippen LogP contribution is -2.49. The molecule has 1 amide bonds. The molecule has 2 aromatic heterocycles. The maximum Gasteiger partial charge on any atom is 0.274 e. The Labute approximate surface area is 204 Å². The number of piperazine rings is 1. The largest absolute Gasteiger partial charge is 0.497 e. The third-order valence-corrected chi connectivity index (χ3v) is 6.16. The fourth-order valence-electron chi connectivity index (χ4n) is 4.21. The van der Waals surface area contributed by atoms with Crippen LogP contribution in [0.4, 0.5) is 5.82 Å². The minimum atomic E-state index is 0.00910. The Kier molecular flexibility index (Phi) is 6.57. The van der Waals surface area contributed by atoms with Gasteiger partial charge in [0.25, 0.3) is 5.82 Å². The molecule has 5 rings (SSSR count). The van der Waals surface area contributed by atoms with Gasteiger partial charge in [-0.3, -0.25) is 9.69 Å². The van der Waals surface area contributed by atoms with Crippen molar-refractivity contribution in [3.8, 4) is 22.7 Å². The number of aromatic nitrogens is 3. The van der Waals surface area contributed by atoms with E-state index in [9.17, 15) is 4.79 Å². The van der Waals surface area contributed by atoms with Gasteiger partial charge in [0.15, 0.2) is 0 Å². The van der Waals surface area contributed by atoms with Crippen LogP contribution in [-0.2, 0) is 4.79 Å². The highest BCUT2D eigenvalue weighted by atomic mass is 16.5. The van der Waals surface area contributed by atoms with E-state index in [1.807, 2.05) is 94.8 Å². The summed E-state index contributed by atoms with van der Waals surface area (Å²) >= 11 is 0. The van der Waals surface area contributed by atoms with Crippen LogP contribution in [0, 0.1) is 0 Å². The van der Waals surface area contributed by atoms with Crippen molar-refractivity contribution in [2.24, 2.45) is 0 Å². The summed E-state index contributed by atoms with van der Waals surface area (Å²) in [5, 5.41) is 4.83. The van der Waals surface area contributed by atoms with Crippen LogP contribution >= 0.6 is 0 Å². The van der Waals surface area contributed by atoms with Crippen molar-refractivity contribution >= 4 is 17.8 Å². The Morgan fingerprint density at radius 3 is 2.37 bits per heavy atom. The summed E-state index contributed by atoms with van der Waals surface area (Å²) in [6.45, 7) is 2.95. The van der Waals surface area contributed by atoms with E-state index >= 15 is 0 Å². The van der Waals surface area contributed by atoms with Gasteiger partial charge in [-0.1, -0.05) is 24.3 Å². The number of amides is 1. The smallest absolute Gasteiger partial charge is 0.274 e. The monoisotopic (exact) mass is 466 g/mol. The van der Waals surface area contributed by atoms with Crippen LogP contribution in [0.3, 0.4) is 0 Å². The average Bonchev–Trinajstić information content (AvgIpc) is 3.37. The van der Waals surface area contributed by atoms with Crippen LogP contribution in [0.1, 0.15) is 5.56 Å². The summed E-state index contributed by atoms with van der Waals surface area (Å²) in [6, 6.07) is 23.8. The molecule has 4 aromatic rings. The molecule has 0 bridgehead atoms. The molecule has 3 heterocycles. The number of pyridine rings is 1. The normalized spacial score (nSPS) is 13.9. The van der Waals surface area contributed by atoms with Gasteiger partial charge in [0.05, 0.1) is 37.8 Å². The van der Waals surface area contributed by atoms with E-state index < -0.39 is 0 Å². The highest BCUT2D eigenvalue weighted by Crippen LogP contribution is 2.27. The summed E-state index contributed by atoms with van der Waals surface area (Å²) in [4.78, 5) is 20.4. The van der Waals surface area contributed by atoms with Crippen molar-refractivity contribution in [1.29, 1.82) is 0 Å². The van der Waals surface area contributed by atoms with Gasteiger partial charge in [-0.15, -0.1) is 0 Å². The molecule has 1 saturated heterocycles. The second-order valence-electron chi connectivity index (χ2n) is 8.34.